The predicted octanol–water partition coefficient (Wildman–Crippen LogP) is 1.79. The van der Waals surface area contributed by atoms with Gasteiger partial charge in [0.2, 0.25) is 5.91 Å². The summed E-state index contributed by atoms with van der Waals surface area (Å²) in [6, 6.07) is 7.04. The lowest BCUT2D eigenvalue weighted by atomic mass is 10.2. The van der Waals surface area contributed by atoms with Gasteiger partial charge in [-0.1, -0.05) is 6.07 Å². The Hall–Kier alpha value is -2.94. The first-order valence-electron chi connectivity index (χ1n) is 8.19. The molecule has 0 radical (unpaired) electrons. The molecule has 0 aliphatic heterocycles. The number of amides is 2. The molecule has 144 valence electrons. The Morgan fingerprint density at radius 1 is 1.30 bits per heavy atom. The smallest absolute Gasteiger partial charge is 0.340 e. The number of rotatable bonds is 8. The van der Waals surface area contributed by atoms with Crippen molar-refractivity contribution >= 4 is 34.8 Å². The van der Waals surface area contributed by atoms with Crippen LogP contribution in [0.5, 0.6) is 0 Å². The van der Waals surface area contributed by atoms with E-state index in [-0.39, 0.29) is 30.2 Å². The van der Waals surface area contributed by atoms with Crippen LogP contribution in [-0.2, 0) is 20.9 Å². The van der Waals surface area contributed by atoms with Crippen molar-refractivity contribution in [1.29, 1.82) is 0 Å². The Morgan fingerprint density at radius 2 is 2.07 bits per heavy atom. The van der Waals surface area contributed by atoms with E-state index in [0.29, 0.717) is 6.54 Å². The number of carbonyl (C=O) groups excluding carboxylic acids is 3. The zero-order chi connectivity index (χ0) is 19.8. The van der Waals surface area contributed by atoms with Crippen molar-refractivity contribution in [3.8, 4) is 0 Å². The summed E-state index contributed by atoms with van der Waals surface area (Å²) in [4.78, 5) is 38.4. The van der Waals surface area contributed by atoms with E-state index in [1.807, 2.05) is 17.5 Å². The maximum atomic E-state index is 13.0. The highest BCUT2D eigenvalue weighted by atomic mass is 32.1. The Morgan fingerprint density at radius 3 is 2.70 bits per heavy atom. The molecular weight excluding hydrogens is 373 g/mol. The zero-order valence-corrected chi connectivity index (χ0v) is 15.6. The average molecular weight is 393 g/mol. The summed E-state index contributed by atoms with van der Waals surface area (Å²) < 4.78 is 18.0. The molecule has 0 fully saturated rings. The Labute approximate surface area is 159 Å². The van der Waals surface area contributed by atoms with Gasteiger partial charge in [0.1, 0.15) is 5.82 Å². The second kappa shape index (κ2) is 9.67. The largest absolute Gasteiger partial charge is 0.452 e. The quantitative estimate of drug-likeness (QED) is 0.526. The monoisotopic (exact) mass is 393 g/mol. The first kappa shape index (κ1) is 20.4. The van der Waals surface area contributed by atoms with Crippen LogP contribution < -0.4 is 11.1 Å². The Balaban J connectivity index is 1.83. The van der Waals surface area contributed by atoms with E-state index in [1.54, 1.807) is 6.92 Å². The van der Waals surface area contributed by atoms with Crippen LogP contribution in [0.4, 0.5) is 10.1 Å². The maximum Gasteiger partial charge on any atom is 0.340 e. The third-order valence-corrected chi connectivity index (χ3v) is 4.55. The first-order valence-corrected chi connectivity index (χ1v) is 9.07. The molecular formula is C18H20FN3O4S. The normalized spacial score (nSPS) is 10.3. The van der Waals surface area contributed by atoms with Crippen LogP contribution in [0.15, 0.2) is 35.7 Å². The molecule has 0 saturated heterocycles. The number of benzene rings is 1. The molecule has 2 amide bonds. The third kappa shape index (κ3) is 6.07. The fourth-order valence-electron chi connectivity index (χ4n) is 2.22. The van der Waals surface area contributed by atoms with E-state index in [2.05, 4.69) is 5.32 Å². The van der Waals surface area contributed by atoms with Crippen LogP contribution >= 0.6 is 11.3 Å². The number of likely N-dealkylation sites (N-methyl/N-ethyl adjacent to an activating group) is 1. The number of esters is 1. The molecule has 2 rings (SSSR count). The molecule has 9 heteroatoms. The molecule has 1 heterocycles. The molecule has 3 N–H and O–H groups in total. The van der Waals surface area contributed by atoms with Crippen molar-refractivity contribution in [3.05, 3.63) is 52.0 Å². The molecule has 2 aromatic rings. The fraction of sp³-hybridized carbons (Fsp3) is 0.278. The summed E-state index contributed by atoms with van der Waals surface area (Å²) in [5.74, 6) is -2.24. The molecule has 27 heavy (non-hydrogen) atoms. The standard InChI is InChI=1S/C18H20FN3O4S/c1-2-22(10-16(23)21-9-13-4-3-7-27-13)17(24)11-26-18(25)14-6-5-12(19)8-15(14)20/h3-8H,2,9-11,20H2,1H3,(H,21,23). The number of thiophene rings is 1. The van der Waals surface area contributed by atoms with Crippen LogP contribution in [0.1, 0.15) is 22.2 Å². The van der Waals surface area contributed by atoms with Crippen LogP contribution in [0.25, 0.3) is 0 Å². The van der Waals surface area contributed by atoms with Crippen LogP contribution in [-0.4, -0.2) is 42.4 Å². The highest BCUT2D eigenvalue weighted by Gasteiger charge is 2.19. The van der Waals surface area contributed by atoms with Crippen LogP contribution in [0, 0.1) is 5.82 Å². The lowest BCUT2D eigenvalue weighted by molar-refractivity contribution is -0.138. The summed E-state index contributed by atoms with van der Waals surface area (Å²) in [7, 11) is 0. The Bertz CT molecular complexity index is 811. The van der Waals surface area contributed by atoms with E-state index in [0.717, 1.165) is 17.0 Å². The van der Waals surface area contributed by atoms with Gasteiger partial charge in [-0.2, -0.15) is 0 Å². The number of hydrogen-bond donors (Lipinski definition) is 2. The van der Waals surface area contributed by atoms with Gasteiger partial charge in [0.05, 0.1) is 18.7 Å². The zero-order valence-electron chi connectivity index (χ0n) is 14.7. The second-order valence-electron chi connectivity index (χ2n) is 5.57. The van der Waals surface area contributed by atoms with E-state index in [4.69, 9.17) is 10.5 Å². The van der Waals surface area contributed by atoms with E-state index in [1.165, 1.54) is 22.3 Å². The number of nitrogens with zero attached hydrogens (tertiary/aromatic N) is 1. The molecule has 0 spiro atoms. The minimum atomic E-state index is -0.834. The van der Waals surface area contributed by atoms with Crippen molar-refractivity contribution in [2.45, 2.75) is 13.5 Å². The van der Waals surface area contributed by atoms with Crippen molar-refractivity contribution in [3.63, 3.8) is 0 Å². The van der Waals surface area contributed by atoms with Gasteiger partial charge in [-0.05, 0) is 36.6 Å². The van der Waals surface area contributed by atoms with Gasteiger partial charge >= 0.3 is 5.97 Å². The molecule has 1 aromatic carbocycles. The highest BCUT2D eigenvalue weighted by Crippen LogP contribution is 2.14. The summed E-state index contributed by atoms with van der Waals surface area (Å²) in [6.07, 6.45) is 0. The number of anilines is 1. The second-order valence-corrected chi connectivity index (χ2v) is 6.60. The minimum Gasteiger partial charge on any atom is -0.452 e. The number of halogens is 1. The summed E-state index contributed by atoms with van der Waals surface area (Å²) >= 11 is 1.52. The van der Waals surface area contributed by atoms with Crippen molar-refractivity contribution < 1.29 is 23.5 Å². The molecule has 1 aromatic heterocycles. The predicted molar refractivity (Wildman–Crippen MR) is 99.5 cm³/mol. The topological polar surface area (TPSA) is 102 Å². The molecule has 0 unspecified atom stereocenters. The summed E-state index contributed by atoms with van der Waals surface area (Å²) in [5, 5.41) is 4.63. The molecule has 0 aliphatic rings. The van der Waals surface area contributed by atoms with E-state index >= 15 is 0 Å². The van der Waals surface area contributed by atoms with E-state index < -0.39 is 24.3 Å². The molecule has 0 bridgehead atoms. The van der Waals surface area contributed by atoms with Gasteiger partial charge in [0, 0.05) is 17.1 Å². The molecule has 0 aliphatic carbocycles. The number of ether oxygens (including phenoxy) is 1. The molecule has 0 atom stereocenters. The highest BCUT2D eigenvalue weighted by molar-refractivity contribution is 7.09. The number of nitrogen functional groups attached to an aromatic ring is 1. The SMILES string of the molecule is CCN(CC(=O)NCc1cccs1)C(=O)COC(=O)c1ccc(F)cc1N. The van der Waals surface area contributed by atoms with E-state index in [9.17, 15) is 18.8 Å². The summed E-state index contributed by atoms with van der Waals surface area (Å²) in [5.41, 5.74) is 5.46. The molecule has 0 saturated carbocycles. The number of nitrogens with two attached hydrogens (primary N) is 1. The van der Waals surface area contributed by atoms with Gasteiger partial charge in [0.25, 0.3) is 5.91 Å². The molecule has 7 nitrogen and oxygen atoms in total. The lowest BCUT2D eigenvalue weighted by Crippen LogP contribution is -2.42. The van der Waals surface area contributed by atoms with Gasteiger partial charge in [-0.15, -0.1) is 11.3 Å². The van der Waals surface area contributed by atoms with Crippen LogP contribution in [0.2, 0.25) is 0 Å². The maximum absolute atomic E-state index is 13.0. The fourth-order valence-corrected chi connectivity index (χ4v) is 2.86. The van der Waals surface area contributed by atoms with Gasteiger partial charge in [-0.3, -0.25) is 9.59 Å². The van der Waals surface area contributed by atoms with Gasteiger partial charge in [0.15, 0.2) is 6.61 Å². The number of hydrogen-bond acceptors (Lipinski definition) is 6. The van der Waals surface area contributed by atoms with Crippen molar-refractivity contribution in [1.82, 2.24) is 10.2 Å². The number of nitrogens with one attached hydrogen (secondary N) is 1. The van der Waals surface area contributed by atoms with Crippen molar-refractivity contribution in [2.75, 3.05) is 25.4 Å². The minimum absolute atomic E-state index is 0.0269. The van der Waals surface area contributed by atoms with Gasteiger partial charge in [-0.25, -0.2) is 9.18 Å². The number of carbonyl (C=O) groups is 3. The Kier molecular flexibility index (Phi) is 7.30. The van der Waals surface area contributed by atoms with Gasteiger partial charge < -0.3 is 20.7 Å². The average Bonchev–Trinajstić information content (AvgIpc) is 3.15. The lowest BCUT2D eigenvalue weighted by Gasteiger charge is -2.20. The first-order chi connectivity index (χ1) is 12.9. The van der Waals surface area contributed by atoms with Crippen LogP contribution in [0.3, 0.4) is 0 Å². The third-order valence-electron chi connectivity index (χ3n) is 3.67. The summed E-state index contributed by atoms with van der Waals surface area (Å²) in [6.45, 7) is 1.70. The van der Waals surface area contributed by atoms with Crippen molar-refractivity contribution in [2.24, 2.45) is 0 Å².